The fourth-order valence-corrected chi connectivity index (χ4v) is 7.86. The Labute approximate surface area is 273 Å². The van der Waals surface area contributed by atoms with Crippen molar-refractivity contribution in [2.75, 3.05) is 6.61 Å². The minimum absolute atomic E-state index is 0.0421. The predicted molar refractivity (Wildman–Crippen MR) is 181 cm³/mol. The second kappa shape index (κ2) is 16.7. The van der Waals surface area contributed by atoms with Crippen LogP contribution >= 0.6 is 0 Å². The fourth-order valence-electron chi connectivity index (χ4n) is 7.86. The highest BCUT2D eigenvalue weighted by atomic mass is 19.2. The summed E-state index contributed by atoms with van der Waals surface area (Å²) >= 11 is 0. The van der Waals surface area contributed by atoms with Gasteiger partial charge < -0.3 is 4.74 Å². The minimum atomic E-state index is -1.02. The molecular formula is C41H50F4O. The summed E-state index contributed by atoms with van der Waals surface area (Å²) in [6.45, 7) is 4.53. The van der Waals surface area contributed by atoms with E-state index in [0.717, 1.165) is 63.2 Å². The third-order valence-electron chi connectivity index (χ3n) is 10.7. The van der Waals surface area contributed by atoms with E-state index in [2.05, 4.69) is 26.0 Å². The molecule has 1 nitrogen and oxygen atoms in total. The third kappa shape index (κ3) is 8.25. The Balaban J connectivity index is 1.18. The lowest BCUT2D eigenvalue weighted by atomic mass is 9.68. The first kappa shape index (κ1) is 34.3. The van der Waals surface area contributed by atoms with Crippen molar-refractivity contribution in [2.45, 2.75) is 110 Å². The van der Waals surface area contributed by atoms with E-state index < -0.39 is 23.3 Å². The van der Waals surface area contributed by atoms with Crippen molar-refractivity contribution < 1.29 is 22.3 Å². The first-order valence-corrected chi connectivity index (χ1v) is 17.7. The molecule has 0 bridgehead atoms. The van der Waals surface area contributed by atoms with Crippen molar-refractivity contribution in [2.24, 2.45) is 17.8 Å². The average Bonchev–Trinajstić information content (AvgIpc) is 3.08. The van der Waals surface area contributed by atoms with Gasteiger partial charge in [0.05, 0.1) is 6.61 Å². The van der Waals surface area contributed by atoms with Gasteiger partial charge >= 0.3 is 0 Å². The Hall–Kier alpha value is -3.08. The van der Waals surface area contributed by atoms with Crippen LogP contribution in [-0.2, 0) is 0 Å². The normalized spacial score (nSPS) is 22.0. The van der Waals surface area contributed by atoms with Crippen LogP contribution in [0.5, 0.6) is 5.75 Å². The number of hydrogen-bond donors (Lipinski definition) is 0. The molecule has 2 saturated carbocycles. The van der Waals surface area contributed by atoms with E-state index in [1.807, 2.05) is 0 Å². The van der Waals surface area contributed by atoms with Gasteiger partial charge in [-0.05, 0) is 117 Å². The Morgan fingerprint density at radius 3 is 1.85 bits per heavy atom. The molecule has 2 aliphatic carbocycles. The summed E-state index contributed by atoms with van der Waals surface area (Å²) in [4.78, 5) is 0. The Morgan fingerprint density at radius 2 is 1.24 bits per heavy atom. The SMILES string of the molecule is C/C=C/CCC1CCC(C2CCC(c3ccc(-c4ccc(-c5ccc(OCCCCCC)c(F)c5F)cc4)c(F)c3F)CC2)CC1. The molecule has 5 rings (SSSR count). The molecule has 5 heteroatoms. The van der Waals surface area contributed by atoms with Gasteiger partial charge in [0.1, 0.15) is 0 Å². The van der Waals surface area contributed by atoms with Crippen molar-refractivity contribution in [3.8, 4) is 28.0 Å². The quantitative estimate of drug-likeness (QED) is 0.103. The second-order valence-electron chi connectivity index (χ2n) is 13.6. The molecule has 3 aromatic rings. The lowest BCUT2D eigenvalue weighted by molar-refractivity contribution is 0.156. The van der Waals surface area contributed by atoms with E-state index in [-0.39, 0.29) is 22.8 Å². The first-order chi connectivity index (χ1) is 22.4. The van der Waals surface area contributed by atoms with E-state index in [9.17, 15) is 8.78 Å². The molecule has 0 spiro atoms. The molecule has 2 fully saturated rings. The van der Waals surface area contributed by atoms with Gasteiger partial charge in [-0.3, -0.25) is 0 Å². The average molecular weight is 635 g/mol. The number of benzene rings is 3. The highest BCUT2D eigenvalue weighted by Crippen LogP contribution is 2.45. The van der Waals surface area contributed by atoms with E-state index >= 15 is 8.78 Å². The summed E-state index contributed by atoms with van der Waals surface area (Å²) in [7, 11) is 0. The first-order valence-electron chi connectivity index (χ1n) is 17.7. The van der Waals surface area contributed by atoms with Gasteiger partial charge in [-0.25, -0.2) is 13.2 Å². The zero-order chi connectivity index (χ0) is 32.5. The van der Waals surface area contributed by atoms with Crippen molar-refractivity contribution in [1.29, 1.82) is 0 Å². The maximum Gasteiger partial charge on any atom is 0.201 e. The molecule has 0 N–H and O–H groups in total. The van der Waals surface area contributed by atoms with Gasteiger partial charge in [0.15, 0.2) is 23.2 Å². The summed E-state index contributed by atoms with van der Waals surface area (Å²) in [5.41, 5.74) is 1.69. The number of rotatable bonds is 13. The summed E-state index contributed by atoms with van der Waals surface area (Å²) in [6.07, 6.45) is 20.1. The fraction of sp³-hybridized carbons (Fsp3) is 0.512. The molecular weight excluding hydrogens is 584 g/mol. The maximum absolute atomic E-state index is 15.5. The van der Waals surface area contributed by atoms with Gasteiger partial charge in [0, 0.05) is 11.1 Å². The van der Waals surface area contributed by atoms with Crippen LogP contribution in [0.15, 0.2) is 60.7 Å². The Bertz CT molecular complexity index is 1430. The Morgan fingerprint density at radius 1 is 0.652 bits per heavy atom. The van der Waals surface area contributed by atoms with Crippen LogP contribution in [0.3, 0.4) is 0 Å². The largest absolute Gasteiger partial charge is 0.490 e. The van der Waals surface area contributed by atoms with Crippen LogP contribution in [0.4, 0.5) is 17.6 Å². The molecule has 248 valence electrons. The monoisotopic (exact) mass is 634 g/mol. The van der Waals surface area contributed by atoms with Gasteiger partial charge in [-0.1, -0.05) is 87.6 Å². The van der Waals surface area contributed by atoms with E-state index in [1.165, 1.54) is 50.7 Å². The number of hydrogen-bond acceptors (Lipinski definition) is 1. The van der Waals surface area contributed by atoms with Crippen molar-refractivity contribution >= 4 is 0 Å². The van der Waals surface area contributed by atoms with E-state index in [0.29, 0.717) is 29.2 Å². The van der Waals surface area contributed by atoms with Crippen LogP contribution in [-0.4, -0.2) is 6.61 Å². The minimum Gasteiger partial charge on any atom is -0.490 e. The van der Waals surface area contributed by atoms with Crippen LogP contribution < -0.4 is 4.74 Å². The topological polar surface area (TPSA) is 9.23 Å². The summed E-state index contributed by atoms with van der Waals surface area (Å²) in [5, 5.41) is 0. The molecule has 3 aromatic carbocycles. The number of halogens is 4. The molecule has 0 atom stereocenters. The van der Waals surface area contributed by atoms with Gasteiger partial charge in [0.25, 0.3) is 0 Å². The Kier molecular flexibility index (Phi) is 12.4. The van der Waals surface area contributed by atoms with Gasteiger partial charge in [-0.15, -0.1) is 0 Å². The smallest absolute Gasteiger partial charge is 0.201 e. The van der Waals surface area contributed by atoms with Crippen molar-refractivity contribution in [1.82, 2.24) is 0 Å². The van der Waals surface area contributed by atoms with E-state index in [4.69, 9.17) is 4.74 Å². The van der Waals surface area contributed by atoms with E-state index in [1.54, 1.807) is 36.4 Å². The molecule has 0 heterocycles. The predicted octanol–water partition coefficient (Wildman–Crippen LogP) is 13.0. The lowest BCUT2D eigenvalue weighted by Gasteiger charge is -2.38. The number of allylic oxidation sites excluding steroid dienone is 2. The molecule has 0 aliphatic heterocycles. The summed E-state index contributed by atoms with van der Waals surface area (Å²) in [6, 6.07) is 12.8. The number of unbranched alkanes of at least 4 members (excludes halogenated alkanes) is 3. The maximum atomic E-state index is 15.5. The number of ether oxygens (including phenoxy) is 1. The molecule has 0 saturated heterocycles. The van der Waals surface area contributed by atoms with Crippen molar-refractivity contribution in [3.63, 3.8) is 0 Å². The highest BCUT2D eigenvalue weighted by molar-refractivity contribution is 5.72. The van der Waals surface area contributed by atoms with Crippen LogP contribution in [0.1, 0.15) is 115 Å². The van der Waals surface area contributed by atoms with Crippen molar-refractivity contribution in [3.05, 3.63) is 89.5 Å². The van der Waals surface area contributed by atoms with Crippen LogP contribution in [0, 0.1) is 41.0 Å². The molecule has 0 amide bonds. The molecule has 0 radical (unpaired) electrons. The molecule has 2 aliphatic rings. The van der Waals surface area contributed by atoms with Crippen LogP contribution in [0.25, 0.3) is 22.3 Å². The molecule has 0 aromatic heterocycles. The zero-order valence-electron chi connectivity index (χ0n) is 27.6. The summed E-state index contributed by atoms with van der Waals surface area (Å²) in [5.74, 6) is -1.32. The molecule has 0 unspecified atom stereocenters. The zero-order valence-corrected chi connectivity index (χ0v) is 27.6. The second-order valence-corrected chi connectivity index (χ2v) is 13.6. The standard InChI is InChI=1S/C41H50F4O/c1-3-5-7-9-27-46-37-26-25-36(40(44)41(37)45)33-21-19-32(20-22-33)35-24-23-34(38(42)39(35)43)31-17-15-30(16-18-31)29-13-11-28(12-14-29)10-8-6-4-2/h4,6,19-26,28-31H,3,5,7-18,27H2,1-2H3/b6-4+. The summed E-state index contributed by atoms with van der Waals surface area (Å²) < 4.78 is 66.1. The molecule has 46 heavy (non-hydrogen) atoms. The van der Waals surface area contributed by atoms with Crippen LogP contribution in [0.2, 0.25) is 0 Å². The third-order valence-corrected chi connectivity index (χ3v) is 10.7. The lowest BCUT2D eigenvalue weighted by Crippen LogP contribution is -2.25. The highest BCUT2D eigenvalue weighted by Gasteiger charge is 2.32. The van der Waals surface area contributed by atoms with Gasteiger partial charge in [0.2, 0.25) is 5.82 Å². The van der Waals surface area contributed by atoms with Gasteiger partial charge in [-0.2, -0.15) is 4.39 Å².